The Balaban J connectivity index is 1.35. The van der Waals surface area contributed by atoms with Gasteiger partial charge in [-0.3, -0.25) is 8.98 Å². The van der Waals surface area contributed by atoms with E-state index in [0.29, 0.717) is 17.8 Å². The van der Waals surface area contributed by atoms with Gasteiger partial charge in [0.25, 0.3) is 10.1 Å². The Morgan fingerprint density at radius 2 is 1.74 bits per heavy atom. The van der Waals surface area contributed by atoms with Crippen molar-refractivity contribution in [2.75, 3.05) is 0 Å². The zero-order valence-electron chi connectivity index (χ0n) is 20.9. The number of carbonyl (C=O) groups is 1. The molecule has 0 unspecified atom stereocenters. The number of fused-ring (bicyclic) bond motifs is 5. The number of carbonyl (C=O) groups excluding carboxylic acids is 1. The summed E-state index contributed by atoms with van der Waals surface area (Å²) in [5.41, 5.74) is 2.55. The first kappa shape index (κ1) is 24.1. The van der Waals surface area contributed by atoms with E-state index >= 15 is 0 Å². The molecule has 3 fully saturated rings. The minimum absolute atomic E-state index is 0.0125. The molecule has 34 heavy (non-hydrogen) atoms. The van der Waals surface area contributed by atoms with Crippen molar-refractivity contribution in [1.29, 1.82) is 0 Å². The average molecular weight is 487 g/mol. The van der Waals surface area contributed by atoms with Gasteiger partial charge in [0.05, 0.1) is 11.0 Å². The van der Waals surface area contributed by atoms with E-state index in [-0.39, 0.29) is 33.9 Å². The average Bonchev–Trinajstić information content (AvgIpc) is 3.09. The van der Waals surface area contributed by atoms with Crippen molar-refractivity contribution in [2.24, 2.45) is 28.6 Å². The van der Waals surface area contributed by atoms with Gasteiger partial charge in [-0.05, 0) is 92.6 Å². The first-order chi connectivity index (χ1) is 16.0. The van der Waals surface area contributed by atoms with Crippen LogP contribution >= 0.6 is 0 Å². The number of esters is 1. The maximum atomic E-state index is 13.1. The fraction of sp³-hybridized carbons (Fsp3) is 0.679. The highest BCUT2D eigenvalue weighted by atomic mass is 32.2. The number of allylic oxidation sites excluding steroid dienone is 1. The molecule has 0 heterocycles. The van der Waals surface area contributed by atoms with Crippen molar-refractivity contribution in [2.45, 2.75) is 96.2 Å². The van der Waals surface area contributed by atoms with Gasteiger partial charge < -0.3 is 4.74 Å². The fourth-order valence-corrected chi connectivity index (χ4v) is 9.19. The second kappa shape index (κ2) is 8.48. The summed E-state index contributed by atoms with van der Waals surface area (Å²) >= 11 is 0. The summed E-state index contributed by atoms with van der Waals surface area (Å²) in [5, 5.41) is 0. The number of hydrogen-bond donors (Lipinski definition) is 0. The summed E-state index contributed by atoms with van der Waals surface area (Å²) in [6.45, 7) is 8.15. The zero-order chi connectivity index (χ0) is 24.3. The lowest BCUT2D eigenvalue weighted by Crippen LogP contribution is -2.51. The normalized spacial score (nSPS) is 39.4. The maximum Gasteiger partial charge on any atom is 0.302 e. The van der Waals surface area contributed by atoms with Gasteiger partial charge in [0.2, 0.25) is 0 Å². The third-order valence-electron chi connectivity index (χ3n) is 9.86. The maximum absolute atomic E-state index is 13.1. The van der Waals surface area contributed by atoms with Gasteiger partial charge in [-0.25, -0.2) is 0 Å². The molecule has 0 radical (unpaired) electrons. The van der Waals surface area contributed by atoms with Gasteiger partial charge in [0.1, 0.15) is 6.10 Å². The molecule has 0 saturated heterocycles. The van der Waals surface area contributed by atoms with Crippen LogP contribution in [0.1, 0.15) is 77.7 Å². The van der Waals surface area contributed by atoms with E-state index in [1.54, 1.807) is 12.1 Å². The predicted molar refractivity (Wildman–Crippen MR) is 130 cm³/mol. The van der Waals surface area contributed by atoms with Crippen LogP contribution in [0.5, 0.6) is 0 Å². The third-order valence-corrected chi connectivity index (χ3v) is 11.2. The summed E-state index contributed by atoms with van der Waals surface area (Å²) < 4.78 is 37.7. The lowest BCUT2D eigenvalue weighted by Gasteiger charge is -2.57. The Bertz CT molecular complexity index is 1090. The molecule has 1 aromatic carbocycles. The van der Waals surface area contributed by atoms with Crippen LogP contribution in [0.3, 0.4) is 0 Å². The fourth-order valence-electron chi connectivity index (χ4n) is 7.99. The third kappa shape index (κ3) is 3.95. The van der Waals surface area contributed by atoms with Crippen LogP contribution in [0.4, 0.5) is 0 Å². The molecule has 0 bridgehead atoms. The van der Waals surface area contributed by atoms with Crippen molar-refractivity contribution in [3.05, 3.63) is 41.5 Å². The van der Waals surface area contributed by atoms with Gasteiger partial charge in [-0.15, -0.1) is 0 Å². The number of ether oxygens (including phenoxy) is 1. The van der Waals surface area contributed by atoms with Crippen molar-refractivity contribution in [3.63, 3.8) is 0 Å². The van der Waals surface area contributed by atoms with Crippen LogP contribution in [0.25, 0.3) is 0 Å². The summed E-state index contributed by atoms with van der Waals surface area (Å²) in [6, 6.07) is 6.94. The number of hydrogen-bond acceptors (Lipinski definition) is 5. The number of rotatable bonds is 4. The molecule has 0 spiro atoms. The molecular weight excluding hydrogens is 448 g/mol. The molecule has 0 aromatic heterocycles. The smallest absolute Gasteiger partial charge is 0.302 e. The summed E-state index contributed by atoms with van der Waals surface area (Å²) in [5.74, 6) is 1.46. The number of benzene rings is 1. The largest absolute Gasteiger partial charge is 0.462 e. The minimum atomic E-state index is -3.78. The van der Waals surface area contributed by atoms with Gasteiger partial charge in [0, 0.05) is 13.3 Å². The Morgan fingerprint density at radius 1 is 1.00 bits per heavy atom. The molecule has 0 amide bonds. The molecule has 0 N–H and O–H groups in total. The van der Waals surface area contributed by atoms with E-state index in [4.69, 9.17) is 8.92 Å². The summed E-state index contributed by atoms with van der Waals surface area (Å²) in [4.78, 5) is 11.7. The Hall–Kier alpha value is -1.66. The van der Waals surface area contributed by atoms with Crippen molar-refractivity contribution >= 4 is 16.1 Å². The molecule has 4 aliphatic carbocycles. The van der Waals surface area contributed by atoms with Gasteiger partial charge >= 0.3 is 5.97 Å². The summed E-state index contributed by atoms with van der Waals surface area (Å²) in [7, 11) is -3.78. The molecule has 3 saturated carbocycles. The van der Waals surface area contributed by atoms with Gasteiger partial charge in [0.15, 0.2) is 0 Å². The Morgan fingerprint density at radius 3 is 2.44 bits per heavy atom. The standard InChI is InChI=1S/C28H38O5S/c1-18-5-8-22(9-6-18)34(30,31)33-26-12-11-24-23-10-7-20-17-21(32-19(2)29)13-15-27(20,3)25(23)14-16-28(24,26)4/h5-9,21,23-26H,10-17H2,1-4H3/t21-,23-,24+,25-,26+,27+,28+/m1/s1. The van der Waals surface area contributed by atoms with Crippen LogP contribution in [-0.4, -0.2) is 26.6 Å². The predicted octanol–water partition coefficient (Wildman–Crippen LogP) is 5.96. The second-order valence-electron chi connectivity index (χ2n) is 11.7. The topological polar surface area (TPSA) is 69.7 Å². The van der Waals surface area contributed by atoms with Crippen molar-refractivity contribution in [3.8, 4) is 0 Å². The summed E-state index contributed by atoms with van der Waals surface area (Å²) in [6.07, 6.45) is 10.0. The van der Waals surface area contributed by atoms with E-state index in [2.05, 4.69) is 19.9 Å². The highest BCUT2D eigenvalue weighted by Crippen LogP contribution is 2.65. The first-order valence-corrected chi connectivity index (χ1v) is 14.3. The highest BCUT2D eigenvalue weighted by Gasteiger charge is 2.59. The van der Waals surface area contributed by atoms with Gasteiger partial charge in [-0.2, -0.15) is 8.42 Å². The molecule has 186 valence electrons. The van der Waals surface area contributed by atoms with Crippen LogP contribution in [0.15, 0.2) is 40.8 Å². The quantitative estimate of drug-likeness (QED) is 0.298. The SMILES string of the molecule is CC(=O)O[C@@H]1CC[C@@]2(C)C(=CC[C@H]3[C@H]2CC[C@]2(C)[C@@H](OS(=O)(=O)c4ccc(C)cc4)CC[C@@H]32)C1. The van der Waals surface area contributed by atoms with Crippen LogP contribution in [0, 0.1) is 35.5 Å². The van der Waals surface area contributed by atoms with Crippen molar-refractivity contribution in [1.82, 2.24) is 0 Å². The van der Waals surface area contributed by atoms with Crippen LogP contribution < -0.4 is 0 Å². The van der Waals surface area contributed by atoms with Gasteiger partial charge in [-0.1, -0.05) is 43.2 Å². The Kier molecular flexibility index (Phi) is 6.00. The molecule has 6 heteroatoms. The van der Waals surface area contributed by atoms with E-state index in [9.17, 15) is 13.2 Å². The molecule has 4 aliphatic rings. The molecule has 5 nitrogen and oxygen atoms in total. The lowest BCUT2D eigenvalue weighted by molar-refractivity contribution is -0.148. The number of aryl methyl sites for hydroxylation is 1. The molecule has 1 aromatic rings. The van der Waals surface area contributed by atoms with Crippen LogP contribution in [0.2, 0.25) is 0 Å². The second-order valence-corrected chi connectivity index (χ2v) is 13.3. The Labute approximate surface area is 204 Å². The molecular formula is C28H38O5S. The molecule has 7 atom stereocenters. The minimum Gasteiger partial charge on any atom is -0.462 e. The first-order valence-electron chi connectivity index (χ1n) is 12.9. The van der Waals surface area contributed by atoms with E-state index in [1.807, 2.05) is 19.1 Å². The van der Waals surface area contributed by atoms with E-state index in [0.717, 1.165) is 56.9 Å². The lowest BCUT2D eigenvalue weighted by atomic mass is 9.48. The monoisotopic (exact) mass is 486 g/mol. The molecule has 0 aliphatic heterocycles. The zero-order valence-corrected chi connectivity index (χ0v) is 21.7. The highest BCUT2D eigenvalue weighted by molar-refractivity contribution is 7.86. The van der Waals surface area contributed by atoms with Crippen molar-refractivity contribution < 1.29 is 22.1 Å². The molecule has 5 rings (SSSR count). The van der Waals surface area contributed by atoms with Crippen LogP contribution in [-0.2, 0) is 23.8 Å². The van der Waals surface area contributed by atoms with E-state index < -0.39 is 10.1 Å². The van der Waals surface area contributed by atoms with E-state index in [1.165, 1.54) is 12.5 Å².